The molecule has 0 aliphatic carbocycles. The lowest BCUT2D eigenvalue weighted by Crippen LogP contribution is -2.16. The van der Waals surface area contributed by atoms with Crippen molar-refractivity contribution >= 4 is 10.1 Å². The quantitative estimate of drug-likeness (QED) is 0.404. The molecule has 6 heavy (non-hydrogen) atoms. The zero-order chi connectivity index (χ0) is 5.21. The Morgan fingerprint density at radius 3 is 1.83 bits per heavy atom. The van der Waals surface area contributed by atoms with Crippen LogP contribution in [0.2, 0.25) is 0 Å². The molecular weight excluding hydrogens is 108 g/mol. The first kappa shape index (κ1) is 5.87. The largest absolute Gasteiger partial charge is 0.841 e. The minimum atomic E-state index is -4.22. The molecule has 0 aliphatic rings. The Balaban J connectivity index is 3.85. The van der Waals surface area contributed by atoms with E-state index >= 15 is 0 Å². The molecule has 0 rings (SSSR count). The minimum Gasteiger partial charge on any atom is -0.841 e. The summed E-state index contributed by atoms with van der Waals surface area (Å²) in [5, 5.41) is 9.11. The van der Waals surface area contributed by atoms with Gasteiger partial charge in [-0.1, -0.05) is 0 Å². The Kier molecular flexibility index (Phi) is 1.51. The Labute approximate surface area is 35.2 Å². The van der Waals surface area contributed by atoms with E-state index in [1.54, 1.807) is 0 Å². The Morgan fingerprint density at radius 1 is 1.67 bits per heavy atom. The second-order valence-electron chi connectivity index (χ2n) is 0.700. The van der Waals surface area contributed by atoms with E-state index in [2.05, 4.69) is 0 Å². The first-order chi connectivity index (χ1) is 2.56. The lowest BCUT2D eigenvalue weighted by molar-refractivity contribution is -0.342. The molecule has 0 atom stereocenters. The molecule has 1 N–H and O–H groups in total. The molecule has 0 saturated carbocycles. The third-order valence-electron chi connectivity index (χ3n) is 0.149. The van der Waals surface area contributed by atoms with Crippen molar-refractivity contribution in [3.05, 3.63) is 0 Å². The predicted octanol–water partition coefficient (Wildman–Crippen LogP) is -1.81. The summed E-state index contributed by atoms with van der Waals surface area (Å²) >= 11 is 0. The van der Waals surface area contributed by atoms with Gasteiger partial charge in [-0.2, -0.15) is 0 Å². The van der Waals surface area contributed by atoms with E-state index in [1.807, 2.05) is 0 Å². The molecule has 4 nitrogen and oxygen atoms in total. The molecule has 0 aromatic rings. The Hall–Kier alpha value is -0.130. The van der Waals surface area contributed by atoms with Gasteiger partial charge in [0.05, 0.1) is 0 Å². The smallest absolute Gasteiger partial charge is 0.249 e. The zero-order valence-corrected chi connectivity index (χ0v) is 3.60. The van der Waals surface area contributed by atoms with Gasteiger partial charge in [0, 0.05) is 0 Å². The van der Waals surface area contributed by atoms with Gasteiger partial charge in [0.2, 0.25) is 10.1 Å². The minimum absolute atomic E-state index is 1.45. The highest BCUT2D eigenvalue weighted by molar-refractivity contribution is 7.85. The summed E-state index contributed by atoms with van der Waals surface area (Å²) in [5.41, 5.74) is 0. The maximum absolute atomic E-state index is 9.24. The van der Waals surface area contributed by atoms with Crippen molar-refractivity contribution in [3.8, 4) is 0 Å². The molecule has 0 aliphatic heterocycles. The SMILES string of the molecule is O=S(=O)(O)C[O-]. The van der Waals surface area contributed by atoms with E-state index in [9.17, 15) is 8.42 Å². The van der Waals surface area contributed by atoms with Crippen LogP contribution in [0.4, 0.5) is 0 Å². The molecule has 0 radical (unpaired) electrons. The van der Waals surface area contributed by atoms with Gasteiger partial charge in [-0.25, -0.2) is 8.42 Å². The van der Waals surface area contributed by atoms with Crippen molar-refractivity contribution in [1.82, 2.24) is 0 Å². The highest BCUT2D eigenvalue weighted by Crippen LogP contribution is 1.67. The van der Waals surface area contributed by atoms with Crippen molar-refractivity contribution in [3.63, 3.8) is 0 Å². The van der Waals surface area contributed by atoms with Crippen LogP contribution in [0.25, 0.3) is 0 Å². The molecule has 0 fully saturated rings. The van der Waals surface area contributed by atoms with Crippen LogP contribution in [0.5, 0.6) is 0 Å². The lowest BCUT2D eigenvalue weighted by atomic mass is 11.7. The van der Waals surface area contributed by atoms with Crippen LogP contribution >= 0.6 is 0 Å². The van der Waals surface area contributed by atoms with E-state index in [-0.39, 0.29) is 0 Å². The van der Waals surface area contributed by atoms with E-state index in [1.165, 1.54) is 0 Å². The van der Waals surface area contributed by atoms with E-state index in [0.717, 1.165) is 0 Å². The third-order valence-corrected chi connectivity index (χ3v) is 0.447. The monoisotopic (exact) mass is 111 g/mol. The zero-order valence-electron chi connectivity index (χ0n) is 2.79. The van der Waals surface area contributed by atoms with E-state index in [4.69, 9.17) is 9.66 Å². The summed E-state index contributed by atoms with van der Waals surface area (Å²) in [6.07, 6.45) is 0. The summed E-state index contributed by atoms with van der Waals surface area (Å²) in [4.78, 5) is 0. The fourth-order valence-corrected chi connectivity index (χ4v) is 0. The van der Waals surface area contributed by atoms with Crippen LogP contribution in [0, 0.1) is 0 Å². The van der Waals surface area contributed by atoms with Gasteiger partial charge >= 0.3 is 0 Å². The highest BCUT2D eigenvalue weighted by Gasteiger charge is 1.87. The molecule has 0 saturated heterocycles. The van der Waals surface area contributed by atoms with Gasteiger partial charge in [-0.15, -0.1) is 0 Å². The highest BCUT2D eigenvalue weighted by atomic mass is 32.2. The lowest BCUT2D eigenvalue weighted by Gasteiger charge is -1.93. The normalized spacial score (nSPS) is 11.7. The van der Waals surface area contributed by atoms with E-state index in [0.29, 0.717) is 0 Å². The molecule has 0 bridgehead atoms. The molecule has 0 spiro atoms. The van der Waals surface area contributed by atoms with Crippen LogP contribution in [0.3, 0.4) is 0 Å². The van der Waals surface area contributed by atoms with Gasteiger partial charge in [0.25, 0.3) is 0 Å². The standard InChI is InChI=1S/CH3O4S/c2-1-6(3,4)5/h1H2,(H,3,4,5)/q-1. The average Bonchev–Trinajstić information content (AvgIpc) is 1.35. The number of hydrogen-bond donors (Lipinski definition) is 1. The topological polar surface area (TPSA) is 77.4 Å². The van der Waals surface area contributed by atoms with E-state index < -0.39 is 16.1 Å². The van der Waals surface area contributed by atoms with Crippen LogP contribution in [0.15, 0.2) is 0 Å². The van der Waals surface area contributed by atoms with Crippen LogP contribution in [-0.4, -0.2) is 18.9 Å². The molecule has 0 aromatic carbocycles. The van der Waals surface area contributed by atoms with Crippen LogP contribution < -0.4 is 5.11 Å². The molecule has 5 heteroatoms. The fraction of sp³-hybridized carbons (Fsp3) is 1.00. The summed E-state index contributed by atoms with van der Waals surface area (Å²) in [7, 11) is -4.22. The van der Waals surface area contributed by atoms with Gasteiger partial charge in [-0.05, 0) is 5.94 Å². The summed E-state index contributed by atoms with van der Waals surface area (Å²) < 4.78 is 26.0. The maximum atomic E-state index is 9.24. The van der Waals surface area contributed by atoms with Crippen LogP contribution in [-0.2, 0) is 10.1 Å². The first-order valence-corrected chi connectivity index (χ1v) is 2.70. The van der Waals surface area contributed by atoms with Gasteiger partial charge in [0.1, 0.15) is 0 Å². The predicted molar refractivity (Wildman–Crippen MR) is 16.4 cm³/mol. The van der Waals surface area contributed by atoms with Gasteiger partial charge in [0.15, 0.2) is 0 Å². The van der Waals surface area contributed by atoms with Gasteiger partial charge in [-0.3, -0.25) is 4.55 Å². The Morgan fingerprint density at radius 2 is 1.83 bits per heavy atom. The van der Waals surface area contributed by atoms with Gasteiger partial charge < -0.3 is 5.11 Å². The van der Waals surface area contributed by atoms with Crippen molar-refractivity contribution in [2.24, 2.45) is 0 Å². The number of hydrogen-bond acceptors (Lipinski definition) is 3. The van der Waals surface area contributed by atoms with Crippen molar-refractivity contribution in [1.29, 1.82) is 0 Å². The first-order valence-electron chi connectivity index (χ1n) is 1.09. The second kappa shape index (κ2) is 1.55. The fourth-order valence-electron chi connectivity index (χ4n) is 0. The third kappa shape index (κ3) is 3.87. The van der Waals surface area contributed by atoms with Crippen molar-refractivity contribution in [2.45, 2.75) is 0 Å². The van der Waals surface area contributed by atoms with Crippen molar-refractivity contribution in [2.75, 3.05) is 5.94 Å². The molecule has 38 valence electrons. The second-order valence-corrected chi connectivity index (χ2v) is 2.10. The summed E-state index contributed by atoms with van der Waals surface area (Å²) in [6.45, 7) is 0. The molecule has 0 heterocycles. The average molecular weight is 111 g/mol. The summed E-state index contributed by atoms with van der Waals surface area (Å²) in [5.74, 6) is -1.45. The molecule has 0 unspecified atom stereocenters. The van der Waals surface area contributed by atoms with Crippen molar-refractivity contribution < 1.29 is 18.1 Å². The number of rotatable bonds is 1. The molecule has 0 amide bonds. The maximum Gasteiger partial charge on any atom is 0.249 e. The Bertz CT molecular complexity index is 110. The molecular formula is CH3O4S-. The molecule has 0 aromatic heterocycles. The summed E-state index contributed by atoms with van der Waals surface area (Å²) in [6, 6.07) is 0. The van der Waals surface area contributed by atoms with Crippen LogP contribution in [0.1, 0.15) is 0 Å².